The maximum Gasteiger partial charge on any atom is 0.237 e. The summed E-state index contributed by atoms with van der Waals surface area (Å²) in [4.78, 5) is 14.4. The number of nitrogens with zero attached hydrogens (tertiary/aromatic N) is 1. The number of hydrogen-bond donors (Lipinski definition) is 2. The number of piperidine rings is 1. The molecule has 1 amide bonds. The van der Waals surface area contributed by atoms with Crippen molar-refractivity contribution in [3.63, 3.8) is 0 Å². The summed E-state index contributed by atoms with van der Waals surface area (Å²) in [5.41, 5.74) is 0. The van der Waals surface area contributed by atoms with Gasteiger partial charge in [0.2, 0.25) is 5.91 Å². The molecule has 5 nitrogen and oxygen atoms in total. The number of nitrogens with one attached hydrogen (secondary N) is 2. The SMILES string of the molecule is CCNC1CCCN(C(C)C(=O)NCc2ccco2)C1. The normalized spacial score (nSPS) is 21.6. The second-order valence-electron chi connectivity index (χ2n) is 5.36. The zero-order valence-electron chi connectivity index (χ0n) is 12.4. The van der Waals surface area contributed by atoms with E-state index in [1.54, 1.807) is 6.26 Å². The molecule has 5 heteroatoms. The molecule has 1 saturated heterocycles. The van der Waals surface area contributed by atoms with Gasteiger partial charge in [-0.15, -0.1) is 0 Å². The highest BCUT2D eigenvalue weighted by Gasteiger charge is 2.26. The molecule has 0 aromatic carbocycles. The molecule has 0 radical (unpaired) electrons. The Morgan fingerprint density at radius 3 is 3.15 bits per heavy atom. The lowest BCUT2D eigenvalue weighted by Crippen LogP contribution is -2.53. The molecule has 0 aliphatic carbocycles. The van der Waals surface area contributed by atoms with Crippen LogP contribution in [0.2, 0.25) is 0 Å². The van der Waals surface area contributed by atoms with Gasteiger partial charge in [-0.25, -0.2) is 0 Å². The van der Waals surface area contributed by atoms with Crippen LogP contribution in [0.5, 0.6) is 0 Å². The van der Waals surface area contributed by atoms with Gasteiger partial charge in [0.05, 0.1) is 18.8 Å². The summed E-state index contributed by atoms with van der Waals surface area (Å²) in [7, 11) is 0. The number of rotatable bonds is 6. The first kappa shape index (κ1) is 15.1. The van der Waals surface area contributed by atoms with E-state index >= 15 is 0 Å². The summed E-state index contributed by atoms with van der Waals surface area (Å²) >= 11 is 0. The topological polar surface area (TPSA) is 57.5 Å². The van der Waals surface area contributed by atoms with Crippen molar-refractivity contribution in [1.82, 2.24) is 15.5 Å². The summed E-state index contributed by atoms with van der Waals surface area (Å²) in [5, 5.41) is 6.41. The number of hydrogen-bond acceptors (Lipinski definition) is 4. The highest BCUT2D eigenvalue weighted by atomic mass is 16.3. The maximum absolute atomic E-state index is 12.2. The van der Waals surface area contributed by atoms with Gasteiger partial charge in [-0.2, -0.15) is 0 Å². The number of likely N-dealkylation sites (N-methyl/N-ethyl adjacent to an activating group) is 1. The first-order valence-electron chi connectivity index (χ1n) is 7.48. The summed E-state index contributed by atoms with van der Waals surface area (Å²) in [5.74, 6) is 0.855. The minimum Gasteiger partial charge on any atom is -0.467 e. The molecule has 20 heavy (non-hydrogen) atoms. The van der Waals surface area contributed by atoms with E-state index in [9.17, 15) is 4.79 Å². The molecule has 112 valence electrons. The Morgan fingerprint density at radius 1 is 1.60 bits per heavy atom. The zero-order chi connectivity index (χ0) is 14.4. The number of furan rings is 1. The zero-order valence-corrected chi connectivity index (χ0v) is 12.4. The van der Waals surface area contributed by atoms with Crippen LogP contribution >= 0.6 is 0 Å². The van der Waals surface area contributed by atoms with E-state index in [2.05, 4.69) is 22.5 Å². The molecule has 1 aliphatic rings. The molecule has 1 aromatic heterocycles. The second kappa shape index (κ2) is 7.45. The molecule has 2 rings (SSSR count). The van der Waals surface area contributed by atoms with Crippen molar-refractivity contribution in [2.75, 3.05) is 19.6 Å². The largest absolute Gasteiger partial charge is 0.467 e. The average molecular weight is 279 g/mol. The first-order valence-corrected chi connectivity index (χ1v) is 7.48. The van der Waals surface area contributed by atoms with Gasteiger partial charge in [-0.05, 0) is 45.0 Å². The Bertz CT molecular complexity index is 403. The Morgan fingerprint density at radius 2 is 2.45 bits per heavy atom. The average Bonchev–Trinajstić information content (AvgIpc) is 2.98. The van der Waals surface area contributed by atoms with Gasteiger partial charge < -0.3 is 15.1 Å². The predicted molar refractivity (Wildman–Crippen MR) is 78.3 cm³/mol. The highest BCUT2D eigenvalue weighted by Crippen LogP contribution is 2.13. The van der Waals surface area contributed by atoms with Crippen molar-refractivity contribution in [2.24, 2.45) is 0 Å². The fourth-order valence-corrected chi connectivity index (χ4v) is 2.71. The number of likely N-dealkylation sites (tertiary alicyclic amines) is 1. The monoisotopic (exact) mass is 279 g/mol. The van der Waals surface area contributed by atoms with E-state index < -0.39 is 0 Å². The molecular weight excluding hydrogens is 254 g/mol. The van der Waals surface area contributed by atoms with E-state index in [4.69, 9.17) is 4.42 Å². The Balaban J connectivity index is 1.80. The standard InChI is InChI=1S/C15H25N3O2/c1-3-16-13-6-4-8-18(11-13)12(2)15(19)17-10-14-7-5-9-20-14/h5,7,9,12-13,16H,3-4,6,8,10-11H2,1-2H3,(H,17,19). The maximum atomic E-state index is 12.2. The molecule has 1 fully saturated rings. The van der Waals surface area contributed by atoms with Crippen LogP contribution < -0.4 is 10.6 Å². The van der Waals surface area contributed by atoms with Crippen LogP contribution in [0.15, 0.2) is 22.8 Å². The Kier molecular flexibility index (Phi) is 5.61. The number of amides is 1. The number of carbonyl (C=O) groups excluding carboxylic acids is 1. The summed E-state index contributed by atoms with van der Waals surface area (Å²) in [6, 6.07) is 4.12. The van der Waals surface area contributed by atoms with Gasteiger partial charge in [0.1, 0.15) is 5.76 Å². The fourth-order valence-electron chi connectivity index (χ4n) is 2.71. The summed E-state index contributed by atoms with van der Waals surface area (Å²) in [6.07, 6.45) is 3.97. The van der Waals surface area contributed by atoms with Gasteiger partial charge in [0.25, 0.3) is 0 Å². The van der Waals surface area contributed by atoms with Gasteiger partial charge in [-0.3, -0.25) is 9.69 Å². The van der Waals surface area contributed by atoms with Crippen LogP contribution in [-0.4, -0.2) is 42.5 Å². The van der Waals surface area contributed by atoms with Crippen LogP contribution in [0, 0.1) is 0 Å². The van der Waals surface area contributed by atoms with Gasteiger partial charge >= 0.3 is 0 Å². The summed E-state index contributed by atoms with van der Waals surface area (Å²) in [6.45, 7) is 7.49. The Labute approximate surface area is 120 Å². The van der Waals surface area contributed by atoms with Crippen LogP contribution in [0.4, 0.5) is 0 Å². The third-order valence-electron chi connectivity index (χ3n) is 3.89. The van der Waals surface area contributed by atoms with Gasteiger partial charge in [0, 0.05) is 12.6 Å². The van der Waals surface area contributed by atoms with E-state index in [0.717, 1.165) is 31.8 Å². The van der Waals surface area contributed by atoms with Gasteiger partial charge in [-0.1, -0.05) is 6.92 Å². The predicted octanol–water partition coefficient (Wildman–Crippen LogP) is 1.36. The molecule has 2 N–H and O–H groups in total. The van der Waals surface area contributed by atoms with Crippen LogP contribution in [0.3, 0.4) is 0 Å². The van der Waals surface area contributed by atoms with Crippen molar-refractivity contribution in [3.8, 4) is 0 Å². The molecular formula is C15H25N3O2. The number of carbonyl (C=O) groups is 1. The van der Waals surface area contributed by atoms with Crippen LogP contribution in [-0.2, 0) is 11.3 Å². The van der Waals surface area contributed by atoms with Crippen molar-refractivity contribution in [2.45, 2.75) is 45.3 Å². The van der Waals surface area contributed by atoms with Crippen molar-refractivity contribution < 1.29 is 9.21 Å². The lowest BCUT2D eigenvalue weighted by atomic mass is 10.0. The quantitative estimate of drug-likeness (QED) is 0.825. The Hall–Kier alpha value is -1.33. The fraction of sp³-hybridized carbons (Fsp3) is 0.667. The minimum atomic E-state index is -0.0913. The van der Waals surface area contributed by atoms with Crippen LogP contribution in [0.1, 0.15) is 32.4 Å². The van der Waals surface area contributed by atoms with Crippen molar-refractivity contribution in [3.05, 3.63) is 24.2 Å². The molecule has 1 aliphatic heterocycles. The third kappa shape index (κ3) is 4.08. The molecule has 1 aromatic rings. The van der Waals surface area contributed by atoms with E-state index in [1.807, 2.05) is 19.1 Å². The molecule has 2 unspecified atom stereocenters. The van der Waals surface area contributed by atoms with E-state index in [1.165, 1.54) is 6.42 Å². The molecule has 0 bridgehead atoms. The van der Waals surface area contributed by atoms with Crippen LogP contribution in [0.25, 0.3) is 0 Å². The van der Waals surface area contributed by atoms with Crippen molar-refractivity contribution in [1.29, 1.82) is 0 Å². The lowest BCUT2D eigenvalue weighted by Gasteiger charge is -2.36. The third-order valence-corrected chi connectivity index (χ3v) is 3.89. The van der Waals surface area contributed by atoms with E-state index in [-0.39, 0.29) is 11.9 Å². The van der Waals surface area contributed by atoms with Crippen molar-refractivity contribution >= 4 is 5.91 Å². The highest BCUT2D eigenvalue weighted by molar-refractivity contribution is 5.81. The molecule has 2 heterocycles. The lowest BCUT2D eigenvalue weighted by molar-refractivity contribution is -0.126. The van der Waals surface area contributed by atoms with E-state index in [0.29, 0.717) is 12.6 Å². The molecule has 0 saturated carbocycles. The van der Waals surface area contributed by atoms with Gasteiger partial charge in [0.15, 0.2) is 0 Å². The first-order chi connectivity index (χ1) is 9.70. The smallest absolute Gasteiger partial charge is 0.237 e. The second-order valence-corrected chi connectivity index (χ2v) is 5.36. The molecule has 0 spiro atoms. The molecule has 2 atom stereocenters. The summed E-state index contributed by atoms with van der Waals surface area (Å²) < 4.78 is 5.22. The minimum absolute atomic E-state index is 0.0681.